The maximum absolute atomic E-state index is 9.60. The Hall–Kier alpha value is -1.27. The minimum absolute atomic E-state index is 0.606. The van der Waals surface area contributed by atoms with Crippen LogP contribution in [0, 0.1) is 0 Å². The van der Waals surface area contributed by atoms with E-state index in [1.54, 1.807) is 0 Å². The van der Waals surface area contributed by atoms with Gasteiger partial charge in [-0.15, -0.1) is 0 Å². The van der Waals surface area contributed by atoms with E-state index in [2.05, 4.69) is 4.99 Å². The Balaban J connectivity index is 2.02. The molecular formula is C14H19NO4. The molecule has 4 N–H and O–H groups in total. The minimum Gasteiger partial charge on any atom is -0.394 e. The van der Waals surface area contributed by atoms with Crippen LogP contribution in [0.4, 0.5) is 5.69 Å². The number of fused-ring (bicyclic) bond motifs is 1. The molecule has 0 bridgehead atoms. The third-order valence-corrected chi connectivity index (χ3v) is 3.39. The third kappa shape index (κ3) is 3.39. The van der Waals surface area contributed by atoms with Crippen LogP contribution < -0.4 is 0 Å². The monoisotopic (exact) mass is 265 g/mol. The van der Waals surface area contributed by atoms with Crippen molar-refractivity contribution < 1.29 is 20.4 Å². The molecule has 1 aliphatic carbocycles. The second kappa shape index (κ2) is 6.25. The van der Waals surface area contributed by atoms with E-state index in [9.17, 15) is 15.3 Å². The summed E-state index contributed by atoms with van der Waals surface area (Å²) in [5.74, 6) is 0. The van der Waals surface area contributed by atoms with Crippen molar-refractivity contribution in [2.24, 2.45) is 4.99 Å². The highest BCUT2D eigenvalue weighted by atomic mass is 16.4. The Bertz CT molecular complexity index is 461. The van der Waals surface area contributed by atoms with Gasteiger partial charge in [0, 0.05) is 6.21 Å². The van der Waals surface area contributed by atoms with Crippen molar-refractivity contribution in [1.29, 1.82) is 0 Å². The van der Waals surface area contributed by atoms with Crippen LogP contribution in [0.5, 0.6) is 0 Å². The summed E-state index contributed by atoms with van der Waals surface area (Å²) in [6.45, 7) is -0.606. The highest BCUT2D eigenvalue weighted by Crippen LogP contribution is 2.26. The lowest BCUT2D eigenvalue weighted by Gasteiger charge is -2.18. The number of hydrogen-bond acceptors (Lipinski definition) is 5. The molecule has 5 heteroatoms. The van der Waals surface area contributed by atoms with Crippen molar-refractivity contribution in [3.63, 3.8) is 0 Å². The molecule has 0 aromatic heterocycles. The molecule has 0 saturated heterocycles. The number of aliphatic imine (C=N–C) groups is 1. The van der Waals surface area contributed by atoms with Gasteiger partial charge in [0.2, 0.25) is 0 Å². The van der Waals surface area contributed by atoms with Crippen molar-refractivity contribution in [2.75, 3.05) is 6.61 Å². The number of aliphatic hydroxyl groups excluding tert-OH is 4. The molecule has 3 unspecified atom stereocenters. The maximum atomic E-state index is 9.60. The summed E-state index contributed by atoms with van der Waals surface area (Å²) in [7, 11) is 0. The molecule has 19 heavy (non-hydrogen) atoms. The van der Waals surface area contributed by atoms with Gasteiger partial charge in [0.15, 0.2) is 0 Å². The molecule has 1 aromatic carbocycles. The molecule has 1 aliphatic rings. The fourth-order valence-electron chi connectivity index (χ4n) is 2.22. The number of benzene rings is 1. The van der Waals surface area contributed by atoms with Crippen LogP contribution in [0.15, 0.2) is 23.2 Å². The molecule has 5 nitrogen and oxygen atoms in total. The summed E-state index contributed by atoms with van der Waals surface area (Å²) < 4.78 is 0. The Kier molecular flexibility index (Phi) is 4.66. The standard InChI is InChI=1S/C14H19NO4/c16-8-13(18)14(19)12(17)7-15-11-5-4-9-2-1-3-10(9)6-11/h4-7,12-14,16-19H,1-3,8H2. The molecule has 0 amide bonds. The lowest BCUT2D eigenvalue weighted by molar-refractivity contribution is -0.0541. The molecule has 0 saturated carbocycles. The Labute approximate surface area is 111 Å². The predicted molar refractivity (Wildman–Crippen MR) is 71.7 cm³/mol. The van der Waals surface area contributed by atoms with Gasteiger partial charge in [-0.05, 0) is 42.5 Å². The average Bonchev–Trinajstić information content (AvgIpc) is 2.90. The van der Waals surface area contributed by atoms with Gasteiger partial charge in [0.1, 0.15) is 18.3 Å². The summed E-state index contributed by atoms with van der Waals surface area (Å²) in [6, 6.07) is 5.86. The van der Waals surface area contributed by atoms with Gasteiger partial charge in [0.25, 0.3) is 0 Å². The lowest BCUT2D eigenvalue weighted by Crippen LogP contribution is -2.40. The molecule has 0 spiro atoms. The molecule has 104 valence electrons. The van der Waals surface area contributed by atoms with Crippen LogP contribution in [0.1, 0.15) is 17.5 Å². The van der Waals surface area contributed by atoms with E-state index < -0.39 is 24.9 Å². The smallest absolute Gasteiger partial charge is 0.118 e. The van der Waals surface area contributed by atoms with Crippen LogP contribution in [-0.4, -0.2) is 51.6 Å². The van der Waals surface area contributed by atoms with Crippen LogP contribution in [0.2, 0.25) is 0 Å². The van der Waals surface area contributed by atoms with Crippen molar-refractivity contribution in [3.05, 3.63) is 29.3 Å². The topological polar surface area (TPSA) is 93.3 Å². The number of nitrogens with zero attached hydrogens (tertiary/aromatic N) is 1. The van der Waals surface area contributed by atoms with E-state index in [-0.39, 0.29) is 0 Å². The van der Waals surface area contributed by atoms with E-state index in [4.69, 9.17) is 5.11 Å². The molecule has 2 rings (SSSR count). The Morgan fingerprint density at radius 3 is 2.63 bits per heavy atom. The van der Waals surface area contributed by atoms with Crippen LogP contribution in [-0.2, 0) is 12.8 Å². The lowest BCUT2D eigenvalue weighted by atomic mass is 10.1. The van der Waals surface area contributed by atoms with Gasteiger partial charge >= 0.3 is 0 Å². The Morgan fingerprint density at radius 2 is 1.89 bits per heavy atom. The van der Waals surface area contributed by atoms with Gasteiger partial charge in [-0.1, -0.05) is 6.07 Å². The van der Waals surface area contributed by atoms with Gasteiger partial charge in [-0.2, -0.15) is 0 Å². The zero-order valence-corrected chi connectivity index (χ0v) is 10.6. The summed E-state index contributed by atoms with van der Waals surface area (Å²) in [6.07, 6.45) is 0.364. The first kappa shape index (κ1) is 14.1. The van der Waals surface area contributed by atoms with E-state index in [1.165, 1.54) is 17.3 Å². The highest BCUT2D eigenvalue weighted by molar-refractivity contribution is 5.68. The molecule has 1 aromatic rings. The Morgan fingerprint density at radius 1 is 1.16 bits per heavy atom. The first-order valence-electron chi connectivity index (χ1n) is 6.43. The number of rotatable bonds is 5. The van der Waals surface area contributed by atoms with Crippen molar-refractivity contribution in [3.8, 4) is 0 Å². The second-order valence-corrected chi connectivity index (χ2v) is 4.82. The zero-order valence-electron chi connectivity index (χ0n) is 10.6. The van der Waals surface area contributed by atoms with Crippen molar-refractivity contribution in [2.45, 2.75) is 37.6 Å². The first-order valence-corrected chi connectivity index (χ1v) is 6.43. The maximum Gasteiger partial charge on any atom is 0.118 e. The van der Waals surface area contributed by atoms with E-state index in [0.29, 0.717) is 5.69 Å². The summed E-state index contributed by atoms with van der Waals surface area (Å²) >= 11 is 0. The van der Waals surface area contributed by atoms with Crippen LogP contribution in [0.3, 0.4) is 0 Å². The zero-order chi connectivity index (χ0) is 13.8. The van der Waals surface area contributed by atoms with Crippen LogP contribution >= 0.6 is 0 Å². The fraction of sp³-hybridized carbons (Fsp3) is 0.500. The largest absolute Gasteiger partial charge is 0.394 e. The molecule has 0 radical (unpaired) electrons. The van der Waals surface area contributed by atoms with Gasteiger partial charge in [-0.3, -0.25) is 4.99 Å². The summed E-state index contributed by atoms with van der Waals surface area (Å²) in [4.78, 5) is 4.09. The van der Waals surface area contributed by atoms with Gasteiger partial charge < -0.3 is 20.4 Å². The van der Waals surface area contributed by atoms with E-state index >= 15 is 0 Å². The first-order chi connectivity index (χ1) is 9.11. The molecular weight excluding hydrogens is 246 g/mol. The summed E-state index contributed by atoms with van der Waals surface area (Å²) in [5.41, 5.74) is 3.33. The molecule has 0 fully saturated rings. The molecule has 3 atom stereocenters. The second-order valence-electron chi connectivity index (χ2n) is 4.82. The van der Waals surface area contributed by atoms with E-state index in [1.807, 2.05) is 18.2 Å². The highest BCUT2D eigenvalue weighted by Gasteiger charge is 2.22. The minimum atomic E-state index is -1.44. The number of hydrogen-bond donors (Lipinski definition) is 4. The van der Waals surface area contributed by atoms with E-state index in [0.717, 1.165) is 19.3 Å². The average molecular weight is 265 g/mol. The third-order valence-electron chi connectivity index (χ3n) is 3.39. The fourth-order valence-corrected chi connectivity index (χ4v) is 2.22. The predicted octanol–water partition coefficient (Wildman–Crippen LogP) is -0.0474. The van der Waals surface area contributed by atoms with Crippen molar-refractivity contribution >= 4 is 11.9 Å². The van der Waals surface area contributed by atoms with Gasteiger partial charge in [-0.25, -0.2) is 0 Å². The molecule has 0 heterocycles. The summed E-state index contributed by atoms with van der Waals surface area (Å²) in [5, 5.41) is 37.0. The quantitative estimate of drug-likeness (QED) is 0.562. The van der Waals surface area contributed by atoms with Gasteiger partial charge in [0.05, 0.1) is 12.3 Å². The normalized spacial score (nSPS) is 19.4. The SMILES string of the molecule is OCC(O)C(O)C(O)C=Nc1ccc2c(c1)CCC2. The molecule has 0 aliphatic heterocycles. The van der Waals surface area contributed by atoms with Crippen molar-refractivity contribution in [1.82, 2.24) is 0 Å². The van der Waals surface area contributed by atoms with Crippen LogP contribution in [0.25, 0.3) is 0 Å². The number of aryl methyl sites for hydroxylation is 2. The number of aliphatic hydroxyl groups is 4.